The first-order valence-corrected chi connectivity index (χ1v) is 4.29. The molecule has 10 heavy (non-hydrogen) atoms. The van der Waals surface area contributed by atoms with Crippen LogP contribution in [0.5, 0.6) is 0 Å². The molecule has 0 bridgehead atoms. The van der Waals surface area contributed by atoms with Crippen molar-refractivity contribution in [1.82, 2.24) is 0 Å². The van der Waals surface area contributed by atoms with Gasteiger partial charge in [-0.25, -0.2) is 0 Å². The Morgan fingerprint density at radius 1 is 1.40 bits per heavy atom. The molecule has 1 heteroatoms. The van der Waals surface area contributed by atoms with Crippen molar-refractivity contribution in [3.8, 4) is 0 Å². The maximum absolute atomic E-state index is 5.27. The number of hydrogen-bond acceptors (Lipinski definition) is 1. The third-order valence-corrected chi connectivity index (χ3v) is 2.20. The van der Waals surface area contributed by atoms with Crippen molar-refractivity contribution in [3.63, 3.8) is 0 Å². The lowest BCUT2D eigenvalue weighted by molar-refractivity contribution is 0.0639. The lowest BCUT2D eigenvalue weighted by atomic mass is 9.94. The monoisotopic (exact) mass is 141 g/mol. The predicted molar refractivity (Wildman–Crippen MR) is 42.8 cm³/mol. The number of unbranched alkanes of at least 4 members (excludes halogenated alkanes) is 1. The highest BCUT2D eigenvalue weighted by atomic mass is 16.5. The molecule has 0 spiro atoms. The highest BCUT2D eigenvalue weighted by Gasteiger charge is 2.11. The van der Waals surface area contributed by atoms with Gasteiger partial charge in [0.05, 0.1) is 0 Å². The Morgan fingerprint density at radius 2 is 2.10 bits per heavy atom. The quantitative estimate of drug-likeness (QED) is 0.586. The molecule has 1 rings (SSSR count). The van der Waals surface area contributed by atoms with Gasteiger partial charge in [0.2, 0.25) is 0 Å². The average Bonchev–Trinajstić information content (AvgIpc) is 2.03. The van der Waals surface area contributed by atoms with E-state index in [1.807, 2.05) is 0 Å². The highest BCUT2D eigenvalue weighted by Crippen LogP contribution is 2.20. The number of rotatable bonds is 3. The summed E-state index contributed by atoms with van der Waals surface area (Å²) in [6, 6.07) is 0. The van der Waals surface area contributed by atoms with Crippen LogP contribution in [-0.2, 0) is 4.74 Å². The summed E-state index contributed by atoms with van der Waals surface area (Å²) in [5.41, 5.74) is 0. The van der Waals surface area contributed by atoms with Gasteiger partial charge in [-0.15, -0.1) is 0 Å². The highest BCUT2D eigenvalue weighted by molar-refractivity contribution is 4.66. The van der Waals surface area contributed by atoms with Gasteiger partial charge in [-0.1, -0.05) is 19.8 Å². The van der Waals surface area contributed by atoms with Gasteiger partial charge in [-0.2, -0.15) is 0 Å². The second-order valence-electron chi connectivity index (χ2n) is 3.04. The summed E-state index contributed by atoms with van der Waals surface area (Å²) in [5.74, 6) is 0.949. The van der Waals surface area contributed by atoms with Gasteiger partial charge >= 0.3 is 0 Å². The van der Waals surface area contributed by atoms with Gasteiger partial charge in [-0.3, -0.25) is 0 Å². The molecule has 0 aromatic rings. The maximum atomic E-state index is 5.27. The first-order valence-electron chi connectivity index (χ1n) is 4.29. The first-order chi connectivity index (χ1) is 4.93. The summed E-state index contributed by atoms with van der Waals surface area (Å²) in [7, 11) is 0. The Hall–Kier alpha value is -0.0400. The molecular formula is C9H17O. The van der Waals surface area contributed by atoms with Crippen molar-refractivity contribution in [3.05, 3.63) is 6.42 Å². The van der Waals surface area contributed by atoms with Gasteiger partial charge in [0.25, 0.3) is 0 Å². The molecule has 0 N–H and O–H groups in total. The fraction of sp³-hybridized carbons (Fsp3) is 0.889. The molecule has 1 saturated heterocycles. The number of hydrogen-bond donors (Lipinski definition) is 0. The first kappa shape index (κ1) is 8.06. The third kappa shape index (κ3) is 2.70. The lowest BCUT2D eigenvalue weighted by Gasteiger charge is -2.21. The minimum atomic E-state index is 0.949. The zero-order valence-corrected chi connectivity index (χ0v) is 6.81. The van der Waals surface area contributed by atoms with Crippen LogP contribution in [0.2, 0.25) is 0 Å². The molecule has 1 radical (unpaired) electrons. The van der Waals surface area contributed by atoms with E-state index in [9.17, 15) is 0 Å². The van der Waals surface area contributed by atoms with Crippen molar-refractivity contribution >= 4 is 0 Å². The van der Waals surface area contributed by atoms with E-state index in [-0.39, 0.29) is 0 Å². The molecule has 59 valence electrons. The van der Waals surface area contributed by atoms with Gasteiger partial charge in [0, 0.05) is 13.2 Å². The topological polar surface area (TPSA) is 9.23 Å². The smallest absolute Gasteiger partial charge is 0.0468 e. The molecule has 1 fully saturated rings. The van der Waals surface area contributed by atoms with E-state index in [4.69, 9.17) is 4.74 Å². The largest absolute Gasteiger partial charge is 0.381 e. The van der Waals surface area contributed by atoms with Crippen molar-refractivity contribution in [2.24, 2.45) is 5.92 Å². The van der Waals surface area contributed by atoms with Crippen molar-refractivity contribution in [2.75, 3.05) is 13.2 Å². The molecule has 0 atom stereocenters. The third-order valence-electron chi connectivity index (χ3n) is 2.20. The molecule has 1 nitrogen and oxygen atoms in total. The summed E-state index contributed by atoms with van der Waals surface area (Å²) in [4.78, 5) is 0. The van der Waals surface area contributed by atoms with E-state index in [0.717, 1.165) is 19.1 Å². The molecule has 0 aliphatic carbocycles. The van der Waals surface area contributed by atoms with E-state index in [1.165, 1.54) is 25.7 Å². The maximum Gasteiger partial charge on any atom is 0.0468 e. The fourth-order valence-corrected chi connectivity index (χ4v) is 1.44. The summed E-state index contributed by atoms with van der Waals surface area (Å²) in [6.07, 6.45) is 7.49. The average molecular weight is 141 g/mol. The van der Waals surface area contributed by atoms with Crippen molar-refractivity contribution in [2.45, 2.75) is 32.6 Å². The minimum absolute atomic E-state index is 0.949. The zero-order chi connectivity index (χ0) is 7.23. The van der Waals surface area contributed by atoms with Crippen LogP contribution in [0, 0.1) is 12.3 Å². The second kappa shape index (κ2) is 4.73. The predicted octanol–water partition coefficient (Wildman–Crippen LogP) is 2.42. The molecule has 0 amide bonds. The van der Waals surface area contributed by atoms with E-state index in [0.29, 0.717) is 0 Å². The fourth-order valence-electron chi connectivity index (χ4n) is 1.44. The minimum Gasteiger partial charge on any atom is -0.381 e. The van der Waals surface area contributed by atoms with Crippen LogP contribution in [0.3, 0.4) is 0 Å². The molecule has 0 aromatic heterocycles. The molecule has 1 aliphatic heterocycles. The summed E-state index contributed by atoms with van der Waals surface area (Å²) < 4.78 is 5.27. The van der Waals surface area contributed by atoms with Crippen LogP contribution in [-0.4, -0.2) is 13.2 Å². The normalized spacial score (nSPS) is 21.3. The van der Waals surface area contributed by atoms with Gasteiger partial charge in [0.1, 0.15) is 0 Å². The van der Waals surface area contributed by atoms with Crippen LogP contribution in [0.15, 0.2) is 0 Å². The molecular weight excluding hydrogens is 124 g/mol. The van der Waals surface area contributed by atoms with E-state index in [2.05, 4.69) is 13.3 Å². The van der Waals surface area contributed by atoms with E-state index in [1.54, 1.807) is 0 Å². The molecule has 0 unspecified atom stereocenters. The van der Waals surface area contributed by atoms with E-state index >= 15 is 0 Å². The lowest BCUT2D eigenvalue weighted by Crippen LogP contribution is -2.15. The van der Waals surface area contributed by atoms with Gasteiger partial charge in [0.15, 0.2) is 0 Å². The van der Waals surface area contributed by atoms with E-state index < -0.39 is 0 Å². The Bertz CT molecular complexity index is 74.8. The Balaban J connectivity index is 2.02. The number of ether oxygens (including phenoxy) is 1. The summed E-state index contributed by atoms with van der Waals surface area (Å²) in [5, 5.41) is 0. The molecule has 0 saturated carbocycles. The van der Waals surface area contributed by atoms with Crippen LogP contribution < -0.4 is 0 Å². The van der Waals surface area contributed by atoms with Crippen LogP contribution in [0.25, 0.3) is 0 Å². The van der Waals surface area contributed by atoms with Crippen LogP contribution in [0.1, 0.15) is 32.6 Å². The van der Waals surface area contributed by atoms with Gasteiger partial charge in [-0.05, 0) is 25.2 Å². The molecule has 1 heterocycles. The SMILES string of the molecule is C[CH]CCC1CCOCC1. The second-order valence-corrected chi connectivity index (χ2v) is 3.04. The Morgan fingerprint density at radius 3 is 2.70 bits per heavy atom. The van der Waals surface area contributed by atoms with Crippen LogP contribution in [0.4, 0.5) is 0 Å². The molecule has 1 aliphatic rings. The summed E-state index contributed by atoms with van der Waals surface area (Å²) in [6.45, 7) is 4.13. The molecule has 0 aromatic carbocycles. The van der Waals surface area contributed by atoms with Crippen molar-refractivity contribution in [1.29, 1.82) is 0 Å². The summed E-state index contributed by atoms with van der Waals surface area (Å²) >= 11 is 0. The van der Waals surface area contributed by atoms with Crippen LogP contribution >= 0.6 is 0 Å². The van der Waals surface area contributed by atoms with Crippen molar-refractivity contribution < 1.29 is 4.74 Å². The Kier molecular flexibility index (Phi) is 3.81. The standard InChI is InChI=1S/C9H17O/c1-2-3-4-9-5-7-10-8-6-9/h2,9H,3-8H2,1H3. The van der Waals surface area contributed by atoms with Gasteiger partial charge < -0.3 is 4.74 Å². The zero-order valence-electron chi connectivity index (χ0n) is 6.81. The Labute approximate surface area is 63.8 Å².